The summed E-state index contributed by atoms with van der Waals surface area (Å²) < 4.78 is 0. The summed E-state index contributed by atoms with van der Waals surface area (Å²) in [5.41, 5.74) is 1.71. The fourth-order valence-corrected chi connectivity index (χ4v) is 4.33. The molecule has 0 aliphatic heterocycles. The zero-order chi connectivity index (χ0) is 18.3. The first-order valence-corrected chi connectivity index (χ1v) is 9.95. The smallest absolute Gasteiger partial charge is 0.260 e. The third-order valence-electron chi connectivity index (χ3n) is 4.83. The van der Waals surface area contributed by atoms with E-state index in [0.717, 1.165) is 28.8 Å². The molecule has 4 rings (SSSR count). The molecule has 1 aromatic carbocycles. The van der Waals surface area contributed by atoms with Gasteiger partial charge in [-0.05, 0) is 37.5 Å². The van der Waals surface area contributed by atoms with Crippen molar-refractivity contribution in [2.45, 2.75) is 38.4 Å². The lowest BCUT2D eigenvalue weighted by atomic mass is 10.1. The highest BCUT2D eigenvalue weighted by molar-refractivity contribution is 7.17. The number of fused-ring (bicyclic) bond motifs is 1. The average Bonchev–Trinajstić information content (AvgIpc) is 3.39. The number of nitrogens with one attached hydrogen (secondary N) is 1. The number of thiophene rings is 1. The van der Waals surface area contributed by atoms with E-state index in [2.05, 4.69) is 14.9 Å². The second-order valence-electron chi connectivity index (χ2n) is 6.78. The zero-order valence-electron chi connectivity index (χ0n) is 14.4. The molecular formula is C19H20ClN3O2S. The maximum absolute atomic E-state index is 12.7. The Morgan fingerprint density at radius 2 is 2.12 bits per heavy atom. The van der Waals surface area contributed by atoms with Gasteiger partial charge in [-0.15, -0.1) is 11.3 Å². The molecule has 0 radical (unpaired) electrons. The van der Waals surface area contributed by atoms with Crippen LogP contribution < -0.4 is 5.56 Å². The van der Waals surface area contributed by atoms with Crippen molar-refractivity contribution in [1.29, 1.82) is 0 Å². The minimum atomic E-state index is -0.122. The van der Waals surface area contributed by atoms with E-state index in [4.69, 9.17) is 11.6 Å². The third kappa shape index (κ3) is 3.42. The lowest BCUT2D eigenvalue weighted by Gasteiger charge is -2.27. The highest BCUT2D eigenvalue weighted by Crippen LogP contribution is 2.32. The quantitative estimate of drug-likeness (QED) is 0.675. The number of aliphatic hydroxyl groups excluding tert-OH is 1. The lowest BCUT2D eigenvalue weighted by Crippen LogP contribution is -2.37. The number of benzene rings is 1. The molecule has 1 saturated carbocycles. The van der Waals surface area contributed by atoms with E-state index >= 15 is 0 Å². The van der Waals surface area contributed by atoms with Gasteiger partial charge < -0.3 is 10.1 Å². The Kier molecular flexibility index (Phi) is 4.84. The molecule has 0 saturated heterocycles. The lowest BCUT2D eigenvalue weighted by molar-refractivity contribution is 0.118. The highest BCUT2D eigenvalue weighted by atomic mass is 35.5. The minimum Gasteiger partial charge on any atom is -0.395 e. The fourth-order valence-electron chi connectivity index (χ4n) is 3.24. The van der Waals surface area contributed by atoms with Gasteiger partial charge in [0.2, 0.25) is 0 Å². The Balaban J connectivity index is 1.69. The van der Waals surface area contributed by atoms with Gasteiger partial charge in [-0.1, -0.05) is 23.7 Å². The number of hydrogen-bond donors (Lipinski definition) is 2. The van der Waals surface area contributed by atoms with Crippen molar-refractivity contribution in [3.63, 3.8) is 0 Å². The van der Waals surface area contributed by atoms with E-state index in [1.165, 1.54) is 11.3 Å². The van der Waals surface area contributed by atoms with Gasteiger partial charge in [-0.25, -0.2) is 4.98 Å². The van der Waals surface area contributed by atoms with Crippen molar-refractivity contribution >= 4 is 33.2 Å². The molecule has 0 amide bonds. The molecule has 7 heteroatoms. The van der Waals surface area contributed by atoms with E-state index in [9.17, 15) is 9.90 Å². The number of nitrogens with zero attached hydrogens (tertiary/aromatic N) is 2. The van der Waals surface area contributed by atoms with Crippen molar-refractivity contribution < 1.29 is 5.11 Å². The van der Waals surface area contributed by atoms with Crippen LogP contribution in [0.25, 0.3) is 21.3 Å². The molecule has 1 fully saturated rings. The second kappa shape index (κ2) is 7.12. The van der Waals surface area contributed by atoms with Crippen molar-refractivity contribution in [3.05, 3.63) is 50.8 Å². The van der Waals surface area contributed by atoms with Crippen molar-refractivity contribution in [3.8, 4) is 11.1 Å². The summed E-state index contributed by atoms with van der Waals surface area (Å²) in [5.74, 6) is 0.652. The number of aromatic amines is 1. The van der Waals surface area contributed by atoms with Crippen LogP contribution in [-0.2, 0) is 6.54 Å². The number of halogens is 1. The van der Waals surface area contributed by atoms with Crippen LogP contribution in [0, 0.1) is 0 Å². The summed E-state index contributed by atoms with van der Waals surface area (Å²) in [6.45, 7) is 2.65. The molecule has 3 aromatic rings. The summed E-state index contributed by atoms with van der Waals surface area (Å²) in [6.07, 6.45) is 2.27. The third-order valence-corrected chi connectivity index (χ3v) is 5.95. The van der Waals surface area contributed by atoms with Gasteiger partial charge in [0.15, 0.2) is 0 Å². The first-order chi connectivity index (χ1) is 12.6. The summed E-state index contributed by atoms with van der Waals surface area (Å²) in [5, 5.41) is 12.7. The van der Waals surface area contributed by atoms with Gasteiger partial charge in [0.1, 0.15) is 10.7 Å². The minimum absolute atomic E-state index is 0.0523. The van der Waals surface area contributed by atoms with Crippen LogP contribution in [0.1, 0.15) is 25.6 Å². The molecule has 1 aliphatic carbocycles. The SMILES string of the molecule is CC(CO)N(Cc1nc2scc(-c3ccc(Cl)cc3)c2c(=O)[nH]1)C1CC1. The Labute approximate surface area is 160 Å². The number of H-pyrrole nitrogens is 1. The second-order valence-corrected chi connectivity index (χ2v) is 8.08. The van der Waals surface area contributed by atoms with E-state index in [0.29, 0.717) is 28.8 Å². The zero-order valence-corrected chi connectivity index (χ0v) is 16.0. The Hall–Kier alpha value is -1.73. The van der Waals surface area contributed by atoms with E-state index in [1.807, 2.05) is 36.6 Å². The molecule has 0 spiro atoms. The maximum Gasteiger partial charge on any atom is 0.260 e. The molecule has 0 bridgehead atoms. The molecule has 136 valence electrons. The predicted octanol–water partition coefficient (Wildman–Crippen LogP) is 3.65. The number of aromatic nitrogens is 2. The topological polar surface area (TPSA) is 69.2 Å². The van der Waals surface area contributed by atoms with Gasteiger partial charge in [0.25, 0.3) is 5.56 Å². The number of aliphatic hydroxyl groups is 1. The van der Waals surface area contributed by atoms with Crippen molar-refractivity contribution in [2.75, 3.05) is 6.61 Å². The van der Waals surface area contributed by atoms with Crippen molar-refractivity contribution in [2.24, 2.45) is 0 Å². The van der Waals surface area contributed by atoms with Gasteiger partial charge in [-0.2, -0.15) is 0 Å². The summed E-state index contributed by atoms with van der Waals surface area (Å²) in [4.78, 5) is 23.3. The fraction of sp³-hybridized carbons (Fsp3) is 0.368. The number of rotatable bonds is 6. The van der Waals surface area contributed by atoms with E-state index < -0.39 is 0 Å². The van der Waals surface area contributed by atoms with Crippen LogP contribution in [0.4, 0.5) is 0 Å². The highest BCUT2D eigenvalue weighted by Gasteiger charge is 2.32. The van der Waals surface area contributed by atoms with Gasteiger partial charge in [-0.3, -0.25) is 9.69 Å². The van der Waals surface area contributed by atoms with Crippen LogP contribution in [-0.4, -0.2) is 38.7 Å². The molecule has 2 heterocycles. The monoisotopic (exact) mass is 389 g/mol. The molecule has 26 heavy (non-hydrogen) atoms. The van der Waals surface area contributed by atoms with Crippen LogP contribution in [0.2, 0.25) is 5.02 Å². The molecule has 1 aliphatic rings. The first-order valence-electron chi connectivity index (χ1n) is 8.69. The average molecular weight is 390 g/mol. The largest absolute Gasteiger partial charge is 0.395 e. The molecule has 2 aromatic heterocycles. The standard InChI is InChI=1S/C19H20ClN3O2S/c1-11(9-24)23(14-6-7-14)8-16-21-18(25)17-15(10-26-19(17)22-16)12-2-4-13(20)5-3-12/h2-5,10-11,14,24H,6-9H2,1H3,(H,21,22,25). The van der Waals surface area contributed by atoms with E-state index in [1.54, 1.807) is 0 Å². The van der Waals surface area contributed by atoms with Crippen LogP contribution in [0.3, 0.4) is 0 Å². The maximum atomic E-state index is 12.7. The van der Waals surface area contributed by atoms with Crippen molar-refractivity contribution in [1.82, 2.24) is 14.9 Å². The molecule has 1 unspecified atom stereocenters. The summed E-state index contributed by atoms with van der Waals surface area (Å²) in [7, 11) is 0. The first kappa shape index (κ1) is 17.7. The Bertz CT molecular complexity index is 979. The number of hydrogen-bond acceptors (Lipinski definition) is 5. The summed E-state index contributed by atoms with van der Waals surface area (Å²) >= 11 is 7.43. The van der Waals surface area contributed by atoms with Crippen LogP contribution >= 0.6 is 22.9 Å². The Morgan fingerprint density at radius 3 is 2.77 bits per heavy atom. The Morgan fingerprint density at radius 1 is 1.38 bits per heavy atom. The predicted molar refractivity (Wildman–Crippen MR) is 106 cm³/mol. The molecular weight excluding hydrogens is 370 g/mol. The van der Waals surface area contributed by atoms with Crippen LogP contribution in [0.15, 0.2) is 34.4 Å². The normalized spacial score (nSPS) is 15.7. The summed E-state index contributed by atoms with van der Waals surface area (Å²) in [6, 6.07) is 7.99. The van der Waals surface area contributed by atoms with E-state index in [-0.39, 0.29) is 18.2 Å². The van der Waals surface area contributed by atoms with Gasteiger partial charge in [0.05, 0.1) is 18.5 Å². The molecule has 5 nitrogen and oxygen atoms in total. The van der Waals surface area contributed by atoms with Gasteiger partial charge in [0, 0.05) is 28.0 Å². The van der Waals surface area contributed by atoms with Gasteiger partial charge >= 0.3 is 0 Å². The van der Waals surface area contributed by atoms with Crippen LogP contribution in [0.5, 0.6) is 0 Å². The molecule has 1 atom stereocenters. The molecule has 2 N–H and O–H groups in total.